The van der Waals surface area contributed by atoms with E-state index in [-0.39, 0.29) is 11.4 Å². The van der Waals surface area contributed by atoms with Gasteiger partial charge < -0.3 is 20.7 Å². The summed E-state index contributed by atoms with van der Waals surface area (Å²) in [7, 11) is 0. The third kappa shape index (κ3) is 3.84. The number of benzene rings is 2. The Balaban J connectivity index is 1.37. The first-order valence-corrected chi connectivity index (χ1v) is 9.72. The molecule has 27 heavy (non-hydrogen) atoms. The van der Waals surface area contributed by atoms with Crippen LogP contribution in [-0.4, -0.2) is 37.7 Å². The zero-order valence-electron chi connectivity index (χ0n) is 15.8. The average Bonchev–Trinajstić information content (AvgIpc) is 3.41. The van der Waals surface area contributed by atoms with Crippen LogP contribution in [-0.2, 0) is 4.74 Å². The fourth-order valence-electron chi connectivity index (χ4n) is 3.81. The van der Waals surface area contributed by atoms with Gasteiger partial charge in [0.1, 0.15) is 0 Å². The zero-order chi connectivity index (χ0) is 18.9. The molecule has 1 heterocycles. The summed E-state index contributed by atoms with van der Waals surface area (Å²) in [5.41, 5.74) is 10.1. The van der Waals surface area contributed by atoms with Crippen molar-refractivity contribution in [3.05, 3.63) is 59.7 Å². The number of nitrogens with zero attached hydrogens (tertiary/aromatic N) is 1. The predicted octanol–water partition coefficient (Wildman–Crippen LogP) is 3.37. The number of hydrogen-bond acceptors (Lipinski definition) is 4. The number of hydrogen-bond donors (Lipinski definition) is 2. The maximum absolute atomic E-state index is 12.5. The first kappa shape index (κ1) is 18.0. The lowest BCUT2D eigenvalue weighted by Crippen LogP contribution is -2.36. The SMILES string of the molecule is CCC1(N)CC1c1ccc(NC(=O)c2ccc(N3CCOCC3)cc2)cc1. The molecule has 2 aromatic carbocycles. The smallest absolute Gasteiger partial charge is 0.255 e. The Kier molecular flexibility index (Phi) is 4.89. The third-order valence-electron chi connectivity index (χ3n) is 5.85. The Hall–Kier alpha value is -2.37. The Morgan fingerprint density at radius 3 is 2.41 bits per heavy atom. The molecule has 5 heteroatoms. The molecular formula is C22H27N3O2. The minimum Gasteiger partial charge on any atom is -0.378 e. The van der Waals surface area contributed by atoms with E-state index >= 15 is 0 Å². The molecule has 2 aliphatic rings. The minimum absolute atomic E-state index is 0.0347. The van der Waals surface area contributed by atoms with Gasteiger partial charge in [-0.1, -0.05) is 19.1 Å². The Labute approximate surface area is 160 Å². The van der Waals surface area contributed by atoms with Crippen LogP contribution >= 0.6 is 0 Å². The van der Waals surface area contributed by atoms with Crippen LogP contribution in [0.1, 0.15) is 41.6 Å². The third-order valence-corrected chi connectivity index (χ3v) is 5.85. The molecule has 2 fully saturated rings. The van der Waals surface area contributed by atoms with Crippen molar-refractivity contribution in [2.45, 2.75) is 31.2 Å². The number of carbonyl (C=O) groups is 1. The number of rotatable bonds is 5. The molecule has 5 nitrogen and oxygen atoms in total. The van der Waals surface area contributed by atoms with Gasteiger partial charge in [-0.05, 0) is 54.8 Å². The lowest BCUT2D eigenvalue weighted by atomic mass is 10.0. The molecule has 0 spiro atoms. The van der Waals surface area contributed by atoms with E-state index in [4.69, 9.17) is 10.5 Å². The Morgan fingerprint density at radius 2 is 1.81 bits per heavy atom. The van der Waals surface area contributed by atoms with E-state index in [1.54, 1.807) is 0 Å². The molecule has 142 valence electrons. The van der Waals surface area contributed by atoms with Crippen LogP contribution in [0.4, 0.5) is 11.4 Å². The molecule has 4 rings (SSSR count). The normalized spacial score (nSPS) is 24.5. The predicted molar refractivity (Wildman–Crippen MR) is 108 cm³/mol. The number of morpholine rings is 1. The number of carbonyl (C=O) groups excluding carboxylic acids is 1. The molecule has 2 aromatic rings. The van der Waals surface area contributed by atoms with Crippen LogP contribution in [0.2, 0.25) is 0 Å². The molecule has 2 atom stereocenters. The van der Waals surface area contributed by atoms with Crippen LogP contribution in [0, 0.1) is 0 Å². The molecule has 0 aromatic heterocycles. The van der Waals surface area contributed by atoms with Crippen molar-refractivity contribution < 1.29 is 9.53 Å². The highest BCUT2D eigenvalue weighted by Crippen LogP contribution is 2.51. The van der Waals surface area contributed by atoms with Crippen molar-refractivity contribution in [2.24, 2.45) is 5.73 Å². The zero-order valence-corrected chi connectivity index (χ0v) is 15.8. The van der Waals surface area contributed by atoms with Gasteiger partial charge in [-0.25, -0.2) is 0 Å². The molecule has 1 saturated carbocycles. The highest BCUT2D eigenvalue weighted by Gasteiger charge is 2.49. The molecule has 0 radical (unpaired) electrons. The van der Waals surface area contributed by atoms with E-state index in [0.29, 0.717) is 11.5 Å². The van der Waals surface area contributed by atoms with Crippen LogP contribution in [0.5, 0.6) is 0 Å². The molecule has 1 aliphatic carbocycles. The monoisotopic (exact) mass is 365 g/mol. The standard InChI is InChI=1S/C22H27N3O2/c1-2-22(23)15-20(22)16-3-7-18(8-4-16)24-21(26)17-5-9-19(10-6-17)25-11-13-27-14-12-25/h3-10,20H,2,11-15,23H2,1H3,(H,24,26). The summed E-state index contributed by atoms with van der Waals surface area (Å²) in [5.74, 6) is 0.351. The van der Waals surface area contributed by atoms with Crippen LogP contribution in [0.25, 0.3) is 0 Å². The second-order valence-corrected chi connectivity index (χ2v) is 7.57. The first-order chi connectivity index (χ1) is 13.1. The van der Waals surface area contributed by atoms with Crippen LogP contribution in [0.15, 0.2) is 48.5 Å². The van der Waals surface area contributed by atoms with Crippen molar-refractivity contribution in [3.63, 3.8) is 0 Å². The quantitative estimate of drug-likeness (QED) is 0.852. The topological polar surface area (TPSA) is 67.6 Å². The van der Waals surface area contributed by atoms with Crippen molar-refractivity contribution in [2.75, 3.05) is 36.5 Å². The summed E-state index contributed by atoms with van der Waals surface area (Å²) >= 11 is 0. The highest BCUT2D eigenvalue weighted by molar-refractivity contribution is 6.04. The van der Waals surface area contributed by atoms with E-state index in [2.05, 4.69) is 29.3 Å². The van der Waals surface area contributed by atoms with Gasteiger partial charge in [0.15, 0.2) is 0 Å². The van der Waals surface area contributed by atoms with Gasteiger partial charge in [0.25, 0.3) is 5.91 Å². The van der Waals surface area contributed by atoms with E-state index in [9.17, 15) is 4.79 Å². The molecule has 1 amide bonds. The maximum atomic E-state index is 12.5. The Morgan fingerprint density at radius 1 is 1.15 bits per heavy atom. The largest absolute Gasteiger partial charge is 0.378 e. The van der Waals surface area contributed by atoms with Crippen LogP contribution < -0.4 is 16.0 Å². The van der Waals surface area contributed by atoms with Crippen LogP contribution in [0.3, 0.4) is 0 Å². The molecule has 1 aliphatic heterocycles. The molecule has 0 bridgehead atoms. The van der Waals surface area contributed by atoms with E-state index < -0.39 is 0 Å². The van der Waals surface area contributed by atoms with Gasteiger partial charge in [-0.2, -0.15) is 0 Å². The van der Waals surface area contributed by atoms with E-state index in [0.717, 1.165) is 50.5 Å². The summed E-state index contributed by atoms with van der Waals surface area (Å²) in [6.07, 6.45) is 2.04. The van der Waals surface area contributed by atoms with E-state index in [1.807, 2.05) is 36.4 Å². The second-order valence-electron chi connectivity index (χ2n) is 7.57. The molecule has 3 N–H and O–H groups in total. The summed E-state index contributed by atoms with van der Waals surface area (Å²) < 4.78 is 5.38. The van der Waals surface area contributed by atoms with Gasteiger partial charge in [0, 0.05) is 41.5 Å². The number of nitrogens with one attached hydrogen (secondary N) is 1. The average molecular weight is 365 g/mol. The lowest BCUT2D eigenvalue weighted by Gasteiger charge is -2.28. The fourth-order valence-corrected chi connectivity index (χ4v) is 3.81. The van der Waals surface area contributed by atoms with Gasteiger partial charge >= 0.3 is 0 Å². The number of ether oxygens (including phenoxy) is 1. The molecule has 1 saturated heterocycles. The van der Waals surface area contributed by atoms with Gasteiger partial charge in [-0.3, -0.25) is 4.79 Å². The van der Waals surface area contributed by atoms with Crippen molar-refractivity contribution in [3.8, 4) is 0 Å². The van der Waals surface area contributed by atoms with Crippen molar-refractivity contribution in [1.82, 2.24) is 0 Å². The summed E-state index contributed by atoms with van der Waals surface area (Å²) in [4.78, 5) is 14.8. The number of anilines is 2. The van der Waals surface area contributed by atoms with Gasteiger partial charge in [-0.15, -0.1) is 0 Å². The van der Waals surface area contributed by atoms with Crippen molar-refractivity contribution in [1.29, 1.82) is 0 Å². The first-order valence-electron chi connectivity index (χ1n) is 9.72. The van der Waals surface area contributed by atoms with Gasteiger partial charge in [0.05, 0.1) is 13.2 Å². The summed E-state index contributed by atoms with van der Waals surface area (Å²) in [5, 5.41) is 2.97. The van der Waals surface area contributed by atoms with Gasteiger partial charge in [0.2, 0.25) is 0 Å². The maximum Gasteiger partial charge on any atom is 0.255 e. The van der Waals surface area contributed by atoms with E-state index in [1.165, 1.54) is 5.56 Å². The fraction of sp³-hybridized carbons (Fsp3) is 0.409. The Bertz CT molecular complexity index is 797. The molecular weight excluding hydrogens is 338 g/mol. The second kappa shape index (κ2) is 7.33. The number of amides is 1. The van der Waals surface area contributed by atoms with Crippen molar-refractivity contribution >= 4 is 17.3 Å². The highest BCUT2D eigenvalue weighted by atomic mass is 16.5. The number of nitrogens with two attached hydrogens (primary N) is 1. The summed E-state index contributed by atoms with van der Waals surface area (Å²) in [6, 6.07) is 15.8. The summed E-state index contributed by atoms with van der Waals surface area (Å²) in [6.45, 7) is 5.42. The minimum atomic E-state index is -0.0931. The molecule has 2 unspecified atom stereocenters. The lowest BCUT2D eigenvalue weighted by molar-refractivity contribution is 0.102.